The number of likely N-dealkylation sites (N-methyl/N-ethyl adjacent to an activating group) is 1. The number of anilines is 1. The number of rotatable bonds is 7. The molecule has 1 aromatic rings. The first-order chi connectivity index (χ1) is 14.2. The average Bonchev–Trinajstić information content (AvgIpc) is 3.51. The van der Waals surface area contributed by atoms with Gasteiger partial charge in [-0.25, -0.2) is 18.6 Å². The zero-order chi connectivity index (χ0) is 22.1. The lowest BCUT2D eigenvalue weighted by molar-refractivity contribution is -0.126. The van der Waals surface area contributed by atoms with Gasteiger partial charge < -0.3 is 15.6 Å². The normalized spacial score (nSPS) is 19.5. The molecule has 8 nitrogen and oxygen atoms in total. The molecule has 0 aromatic carbocycles. The van der Waals surface area contributed by atoms with Gasteiger partial charge in [0, 0.05) is 43.0 Å². The molecule has 2 heterocycles. The summed E-state index contributed by atoms with van der Waals surface area (Å²) >= 11 is 0. The number of carboxylic acid groups (broad SMARTS) is 1. The quantitative estimate of drug-likeness (QED) is 0.511. The number of hydrogen-bond donors (Lipinski definition) is 2. The van der Waals surface area contributed by atoms with Crippen molar-refractivity contribution in [2.45, 2.75) is 31.2 Å². The van der Waals surface area contributed by atoms with E-state index in [1.165, 1.54) is 24.2 Å². The maximum Gasteiger partial charge on any atom is 0.337 e. The summed E-state index contributed by atoms with van der Waals surface area (Å²) < 4.78 is 30.9. The van der Waals surface area contributed by atoms with Crippen LogP contribution >= 0.6 is 0 Å². The fourth-order valence-electron chi connectivity index (χ4n) is 3.72. The Morgan fingerprint density at radius 2 is 2.10 bits per heavy atom. The maximum absolute atomic E-state index is 13.0. The number of allylic oxidation sites excluding steroid dienone is 2. The molecule has 2 fully saturated rings. The zero-order valence-corrected chi connectivity index (χ0v) is 16.8. The lowest BCUT2D eigenvalue weighted by atomic mass is 9.98. The molecule has 1 aliphatic heterocycles. The predicted octanol–water partition coefficient (Wildman–Crippen LogP) is 2.08. The molecule has 162 valence electrons. The number of alkyl halides is 2. The van der Waals surface area contributed by atoms with Crippen LogP contribution in [-0.2, 0) is 9.53 Å². The van der Waals surface area contributed by atoms with Crippen molar-refractivity contribution in [3.05, 3.63) is 41.4 Å². The number of carbonyl (C=O) groups is 2. The van der Waals surface area contributed by atoms with Crippen molar-refractivity contribution in [2.24, 2.45) is 5.73 Å². The number of amides is 1. The molecule has 1 amide bonds. The van der Waals surface area contributed by atoms with Crippen molar-refractivity contribution in [3.8, 4) is 0 Å². The van der Waals surface area contributed by atoms with Crippen LogP contribution in [0.15, 0.2) is 30.3 Å². The van der Waals surface area contributed by atoms with E-state index in [0.29, 0.717) is 13.1 Å². The monoisotopic (exact) mass is 422 g/mol. The van der Waals surface area contributed by atoms with Crippen molar-refractivity contribution >= 4 is 23.3 Å². The third-order valence-electron chi connectivity index (χ3n) is 5.58. The summed E-state index contributed by atoms with van der Waals surface area (Å²) in [5.41, 5.74) is 5.03. The number of methoxy groups -OCH3 is 1. The highest BCUT2D eigenvalue weighted by Crippen LogP contribution is 2.45. The van der Waals surface area contributed by atoms with Gasteiger partial charge in [-0.05, 0) is 26.0 Å². The molecule has 3 rings (SSSR count). The summed E-state index contributed by atoms with van der Waals surface area (Å²) in [6, 6.07) is 1.42. The molecule has 3 N–H and O–H groups in total. The molecule has 0 radical (unpaired) electrons. The van der Waals surface area contributed by atoms with Crippen LogP contribution in [-0.4, -0.2) is 66.1 Å². The van der Waals surface area contributed by atoms with Crippen molar-refractivity contribution < 1.29 is 28.2 Å². The van der Waals surface area contributed by atoms with Gasteiger partial charge in [0.2, 0.25) is 12.3 Å². The Hall–Kier alpha value is -3.01. The zero-order valence-electron chi connectivity index (χ0n) is 16.8. The average molecular weight is 422 g/mol. The fraction of sp³-hybridized carbons (Fsp3) is 0.450. The first kappa shape index (κ1) is 21.7. The number of aromatic nitrogens is 1. The number of piperazine rings is 1. The van der Waals surface area contributed by atoms with Crippen molar-refractivity contribution in [3.63, 3.8) is 0 Å². The van der Waals surface area contributed by atoms with E-state index in [0.717, 1.165) is 25.2 Å². The summed E-state index contributed by atoms with van der Waals surface area (Å²) in [5, 5.41) is 9.61. The molecule has 2 aliphatic rings. The van der Waals surface area contributed by atoms with Crippen LogP contribution in [0.25, 0.3) is 5.57 Å². The second-order valence-corrected chi connectivity index (χ2v) is 7.28. The number of ether oxygens (including phenoxy) is 1. The van der Waals surface area contributed by atoms with Crippen molar-refractivity contribution in [2.75, 3.05) is 32.1 Å². The predicted molar refractivity (Wildman–Crippen MR) is 106 cm³/mol. The number of aromatic carboxylic acids is 1. The molecule has 0 unspecified atom stereocenters. The van der Waals surface area contributed by atoms with E-state index in [1.807, 2.05) is 11.9 Å². The van der Waals surface area contributed by atoms with Crippen LogP contribution in [0.5, 0.6) is 0 Å². The molecule has 10 heteroatoms. The molecule has 1 aliphatic carbocycles. The largest absolute Gasteiger partial charge is 0.495 e. The highest BCUT2D eigenvalue weighted by Gasteiger charge is 2.57. The second-order valence-electron chi connectivity index (χ2n) is 7.28. The lowest BCUT2D eigenvalue weighted by Gasteiger charge is -2.38. The van der Waals surface area contributed by atoms with Crippen LogP contribution in [0.3, 0.4) is 0 Å². The molecule has 0 atom stereocenters. The number of pyridine rings is 1. The summed E-state index contributed by atoms with van der Waals surface area (Å²) in [7, 11) is 3.20. The summed E-state index contributed by atoms with van der Waals surface area (Å²) in [6.07, 6.45) is 1.61. The third-order valence-corrected chi connectivity index (χ3v) is 5.58. The number of nitrogens with two attached hydrogens (primary N) is 1. The molecule has 0 bridgehead atoms. The van der Waals surface area contributed by atoms with Gasteiger partial charge in [0.25, 0.3) is 0 Å². The van der Waals surface area contributed by atoms with E-state index in [9.17, 15) is 23.5 Å². The van der Waals surface area contributed by atoms with Crippen LogP contribution in [0.1, 0.15) is 35.2 Å². The smallest absolute Gasteiger partial charge is 0.337 e. The number of carbonyl (C=O) groups excluding carboxylic acids is 1. The van der Waals surface area contributed by atoms with Gasteiger partial charge in [0.15, 0.2) is 0 Å². The topological polar surface area (TPSA) is 109 Å². The third kappa shape index (κ3) is 3.87. The van der Waals surface area contributed by atoms with Gasteiger partial charge in [0.05, 0.1) is 12.7 Å². The minimum absolute atomic E-state index is 0.0404. The summed E-state index contributed by atoms with van der Waals surface area (Å²) in [5.74, 6) is -1.09. The van der Waals surface area contributed by atoms with Gasteiger partial charge in [-0.3, -0.25) is 14.6 Å². The molecule has 1 spiro atoms. The van der Waals surface area contributed by atoms with E-state index in [2.05, 4.69) is 4.98 Å². The van der Waals surface area contributed by atoms with E-state index < -0.39 is 24.4 Å². The van der Waals surface area contributed by atoms with Gasteiger partial charge in [-0.1, -0.05) is 6.08 Å². The molecular formula is C20H24F2N4O4. The number of carboxylic acids is 1. The number of halogens is 2. The Morgan fingerprint density at radius 3 is 2.63 bits per heavy atom. The van der Waals surface area contributed by atoms with Gasteiger partial charge in [-0.15, -0.1) is 0 Å². The van der Waals surface area contributed by atoms with Crippen LogP contribution in [0.2, 0.25) is 0 Å². The Labute approximate surface area is 172 Å². The van der Waals surface area contributed by atoms with Crippen molar-refractivity contribution in [1.82, 2.24) is 9.88 Å². The van der Waals surface area contributed by atoms with E-state index in [-0.39, 0.29) is 34.2 Å². The number of hydrogen-bond acceptors (Lipinski definition) is 6. The molecule has 1 saturated carbocycles. The SMILES string of the molecule is COC(=C/N)/C(=C\CC(F)F)c1cc(N2CCN(C)C3(CC3)C2=O)ncc1C(=O)O. The molecule has 1 saturated heterocycles. The Kier molecular flexibility index (Phi) is 6.06. The Balaban J connectivity index is 2.09. The summed E-state index contributed by atoms with van der Waals surface area (Å²) in [6.45, 7) is 1.03. The summed E-state index contributed by atoms with van der Waals surface area (Å²) in [4.78, 5) is 32.5. The standard InChI is InChI=1S/C20H24F2N4O4/c1-25-7-8-26(19(29)20(25)5-6-20)17-9-13(14(11-24-17)18(27)28)12(3-4-16(21)22)15(10-23)30-2/h3,9-11,16H,4-8,23H2,1-2H3,(H,27,28)/b12-3-,15-10+. The lowest BCUT2D eigenvalue weighted by Crippen LogP contribution is -2.57. The Bertz CT molecular complexity index is 912. The highest BCUT2D eigenvalue weighted by molar-refractivity contribution is 6.03. The van der Waals surface area contributed by atoms with E-state index in [4.69, 9.17) is 10.5 Å². The van der Waals surface area contributed by atoms with Gasteiger partial charge in [0.1, 0.15) is 17.1 Å². The highest BCUT2D eigenvalue weighted by atomic mass is 19.3. The van der Waals surface area contributed by atoms with Crippen molar-refractivity contribution in [1.29, 1.82) is 0 Å². The second kappa shape index (κ2) is 8.39. The van der Waals surface area contributed by atoms with Gasteiger partial charge >= 0.3 is 5.97 Å². The molecule has 1 aromatic heterocycles. The maximum atomic E-state index is 13.0. The molecular weight excluding hydrogens is 398 g/mol. The van der Waals surface area contributed by atoms with E-state index >= 15 is 0 Å². The minimum atomic E-state index is -2.64. The first-order valence-electron chi connectivity index (χ1n) is 9.46. The van der Waals surface area contributed by atoms with Gasteiger partial charge in [-0.2, -0.15) is 0 Å². The van der Waals surface area contributed by atoms with Crippen LogP contribution < -0.4 is 10.6 Å². The fourth-order valence-corrected chi connectivity index (χ4v) is 3.72. The minimum Gasteiger partial charge on any atom is -0.495 e. The van der Waals surface area contributed by atoms with E-state index in [1.54, 1.807) is 0 Å². The number of nitrogens with zero attached hydrogens (tertiary/aromatic N) is 3. The van der Waals surface area contributed by atoms with Crippen LogP contribution in [0, 0.1) is 0 Å². The first-order valence-corrected chi connectivity index (χ1v) is 9.46. The Morgan fingerprint density at radius 1 is 1.40 bits per heavy atom. The molecule has 30 heavy (non-hydrogen) atoms. The van der Waals surface area contributed by atoms with Crippen LogP contribution in [0.4, 0.5) is 14.6 Å².